The maximum atomic E-state index is 16.0. The van der Waals surface area contributed by atoms with E-state index in [1.807, 2.05) is 13.8 Å². The van der Waals surface area contributed by atoms with Crippen LogP contribution in [0.1, 0.15) is 152 Å². The molecule has 0 aliphatic carbocycles. The molecule has 742 valence electrons. The number of benzene rings is 6. The molecule has 7 aliphatic rings. The van der Waals surface area contributed by atoms with E-state index in [9.17, 15) is 15.3 Å². The van der Waals surface area contributed by atoms with E-state index in [-0.39, 0.29) is 157 Å². The van der Waals surface area contributed by atoms with E-state index in [4.69, 9.17) is 0 Å². The van der Waals surface area contributed by atoms with Crippen LogP contribution in [0.4, 0.5) is 0 Å². The number of carbonyl (C=O) groups excluding carboxylic acids is 16. The second kappa shape index (κ2) is 48.5. The zero-order valence-corrected chi connectivity index (χ0v) is 80.8. The Labute approximate surface area is 816 Å². The van der Waals surface area contributed by atoms with Gasteiger partial charge in [0.15, 0.2) is 0 Å². The van der Waals surface area contributed by atoms with Crippen LogP contribution < -0.4 is 58.5 Å². The molecule has 7 fully saturated rings. The van der Waals surface area contributed by atoms with Gasteiger partial charge in [0.05, 0.1) is 0 Å². The Morgan fingerprint density at radius 2 is 0.504 bits per heavy atom. The van der Waals surface area contributed by atoms with Crippen molar-refractivity contribution in [2.24, 2.45) is 17.8 Å². The van der Waals surface area contributed by atoms with Gasteiger partial charge in [-0.3, -0.25) is 76.7 Å². The van der Waals surface area contributed by atoms with Crippen LogP contribution in [0.3, 0.4) is 0 Å². The first-order chi connectivity index (χ1) is 66.7. The topological polar surface area (TPSA) is 482 Å². The van der Waals surface area contributed by atoms with E-state index in [0.717, 1.165) is 21.6 Å². The van der Waals surface area contributed by atoms with E-state index in [1.54, 1.807) is 131 Å². The average Bonchev–Trinajstić information content (AvgIpc) is 1.67. The van der Waals surface area contributed by atoms with Gasteiger partial charge in [-0.05, 0) is 165 Å². The molecule has 0 radical (unpaired) electrons. The zero-order valence-electron chi connectivity index (χ0n) is 79.2. The number of carbonyl (C=O) groups is 16. The lowest BCUT2D eigenvalue weighted by Crippen LogP contribution is -2.62. The number of phenols is 3. The summed E-state index contributed by atoms with van der Waals surface area (Å²) in [5, 5.41) is 63.4. The smallest absolute Gasteiger partial charge is 0.246 e. The molecular formula is C102H128N16O19S2. The highest BCUT2D eigenvalue weighted by molar-refractivity contribution is 8.76. The predicted octanol–water partition coefficient (Wildman–Crippen LogP) is 4.00. The van der Waals surface area contributed by atoms with Crippen LogP contribution in [0.25, 0.3) is 0 Å². The number of fused-ring (bicyclic) bond motifs is 10. The van der Waals surface area contributed by atoms with Crippen LogP contribution in [-0.2, 0) is 115 Å². The van der Waals surface area contributed by atoms with E-state index in [0.29, 0.717) is 59.1 Å². The molecule has 14 N–H and O–H groups in total. The van der Waals surface area contributed by atoms with Crippen molar-refractivity contribution in [2.45, 2.75) is 254 Å². The summed E-state index contributed by atoms with van der Waals surface area (Å²) < 4.78 is 0. The number of amides is 16. The van der Waals surface area contributed by atoms with Crippen molar-refractivity contribution in [1.82, 2.24) is 83.0 Å². The zero-order chi connectivity index (χ0) is 99.3. The highest BCUT2D eigenvalue weighted by Gasteiger charge is 2.49. The summed E-state index contributed by atoms with van der Waals surface area (Å²) in [6.07, 6.45) is 1.03. The summed E-state index contributed by atoms with van der Waals surface area (Å²) in [5.41, 5.74) is 3.08. The van der Waals surface area contributed by atoms with Crippen LogP contribution >= 0.6 is 21.6 Å². The SMILES string of the molecule is CC(C)C[C@@H]1NC(=O)[C@H](Cc2ccccc2)NC(=O)[C@H](Cc2ccccc2)NC(=O)[C@@H]2CCCN2C(=O)[C@@H]2CCCN2C(=O)[C@H](Cc2ccc(O)cc2)NC(=O)[C@@H]2CCCN2C(=O)[C@H](C(C)C)NC(=O)[C@@H]2CCCN2C(=O)[C@H](Cc2ccc(O)cc2)NC(=O)[C@@H]2CSSC[C@H](NC1=O)C(=O)N[C@@H](CC(C)C)C(=O)N1CCC[C@H]1C(=O)N[C@@H](Cc1ccccc1)C(=O)N[C@@H](Cc1ccc(O)cc1)C(=O)N2. The lowest BCUT2D eigenvalue weighted by atomic mass is 9.99. The fraction of sp³-hybridized carbons (Fsp3) is 0.490. The van der Waals surface area contributed by atoms with Crippen molar-refractivity contribution in [3.05, 3.63) is 197 Å². The number of phenolic OH excluding ortho intramolecular Hbond substituents is 3. The third-order valence-corrected chi connectivity index (χ3v) is 29.0. The number of rotatable bonds is 17. The molecular weight excluding hydrogens is 1820 g/mol. The Bertz CT molecular complexity index is 5380. The molecule has 0 saturated carbocycles. The molecule has 7 aliphatic heterocycles. The first-order valence-corrected chi connectivity index (χ1v) is 50.8. The molecule has 7 saturated heterocycles. The Morgan fingerprint density at radius 1 is 0.259 bits per heavy atom. The monoisotopic (exact) mass is 1940 g/mol. The highest BCUT2D eigenvalue weighted by atomic mass is 33.1. The van der Waals surface area contributed by atoms with E-state index >= 15 is 76.7 Å². The van der Waals surface area contributed by atoms with Gasteiger partial charge >= 0.3 is 0 Å². The van der Waals surface area contributed by atoms with Crippen molar-refractivity contribution >= 4 is 116 Å². The minimum Gasteiger partial charge on any atom is -0.508 e. The van der Waals surface area contributed by atoms with Crippen molar-refractivity contribution in [2.75, 3.05) is 44.2 Å². The van der Waals surface area contributed by atoms with Crippen LogP contribution in [0.2, 0.25) is 0 Å². The fourth-order valence-electron chi connectivity index (χ4n) is 19.3. The second-order valence-corrected chi connectivity index (χ2v) is 40.9. The number of hydrogen-bond acceptors (Lipinski definition) is 21. The predicted molar refractivity (Wildman–Crippen MR) is 519 cm³/mol. The summed E-state index contributed by atoms with van der Waals surface area (Å²) in [5.74, 6) is -14.9. The largest absolute Gasteiger partial charge is 0.508 e. The minimum absolute atomic E-state index is 0.0159. The van der Waals surface area contributed by atoms with Gasteiger partial charge in [-0.25, -0.2) is 0 Å². The summed E-state index contributed by atoms with van der Waals surface area (Å²) in [4.78, 5) is 255. The standard InChI is InChI=1S/C102H128N16O19S2/c1-59(2)49-71-87(122)111-79-57-138-139-58-80(112-91(126)73(54-65-32-38-68(119)39-33-65)105-90(125)74(52-63-23-12-8-13-24-63)106-94(129)81-27-16-44-114(81)98(133)76(50-60(3)4)108-92(79)127)93(128)109-77(55-66-34-40-69(120)41-35-66)99(134)115-45-17-30-84(115)97(132)113-86(61(5)6)102(137)117-47-19-29-83(117)96(131)110-78(56-67-36-42-70(121)43-37-67)100(135)118-48-20-31-85(118)101(136)116-46-18-28-82(116)95(130)107-75(53-64-25-14-9-15-26-64)89(124)104-72(88(123)103-71)51-62-21-10-7-11-22-62/h7-15,21-26,32-43,59-61,71-86,119-121H,16-20,27-31,44-58H2,1-6H3,(H,103,123)(H,104,124)(H,105,125)(H,106,129)(H,107,130)(H,108,127)(H,109,128)(H,110,131)(H,111,122)(H,112,126)(H,113,132)/t71-,72-,73-,74-,75-,76-,77-,78-,79-,80-,81-,82-,83-,84-,85-,86-/m0/s1. The summed E-state index contributed by atoms with van der Waals surface area (Å²) >= 11 is 0. The maximum Gasteiger partial charge on any atom is 0.246 e. The quantitative estimate of drug-likeness (QED) is 0.0574. The Morgan fingerprint density at radius 3 is 0.849 bits per heavy atom. The van der Waals surface area contributed by atoms with Gasteiger partial charge in [0.2, 0.25) is 94.5 Å². The Balaban J connectivity index is 0.898. The number of aromatic hydroxyl groups is 3. The molecule has 6 aromatic rings. The minimum atomic E-state index is -1.71. The molecule has 0 aromatic heterocycles. The van der Waals surface area contributed by atoms with Gasteiger partial charge in [0, 0.05) is 82.8 Å². The molecule has 35 nitrogen and oxygen atoms in total. The summed E-state index contributed by atoms with van der Waals surface area (Å²) in [6, 6.07) is 21.3. The van der Waals surface area contributed by atoms with Gasteiger partial charge in [0.1, 0.15) is 114 Å². The number of nitrogens with zero attached hydrogens (tertiary/aromatic N) is 5. The third-order valence-electron chi connectivity index (χ3n) is 26.6. The molecule has 139 heavy (non-hydrogen) atoms. The molecule has 37 heteroatoms. The summed E-state index contributed by atoms with van der Waals surface area (Å²) in [6.45, 7) is 10.9. The number of hydrogen-bond donors (Lipinski definition) is 14. The van der Waals surface area contributed by atoms with E-state index < -0.39 is 203 Å². The van der Waals surface area contributed by atoms with Gasteiger partial charge in [-0.2, -0.15) is 0 Å². The molecule has 13 rings (SSSR count). The second-order valence-electron chi connectivity index (χ2n) is 38.3. The third kappa shape index (κ3) is 27.5. The van der Waals surface area contributed by atoms with Gasteiger partial charge < -0.3 is 98.3 Å². The number of nitrogens with one attached hydrogen (secondary N) is 11. The normalized spacial score (nSPS) is 26.8. The van der Waals surface area contributed by atoms with Crippen LogP contribution in [0.5, 0.6) is 17.2 Å². The van der Waals surface area contributed by atoms with Crippen molar-refractivity contribution < 1.29 is 92.0 Å². The van der Waals surface area contributed by atoms with E-state index in [1.165, 1.54) is 85.2 Å². The Hall–Kier alpha value is -13.1. The van der Waals surface area contributed by atoms with Crippen molar-refractivity contribution in [3.8, 4) is 17.2 Å². The highest BCUT2D eigenvalue weighted by Crippen LogP contribution is 2.32. The summed E-state index contributed by atoms with van der Waals surface area (Å²) in [7, 11) is 1.87. The van der Waals surface area contributed by atoms with Crippen LogP contribution in [0.15, 0.2) is 164 Å². The maximum absolute atomic E-state index is 16.0. The first kappa shape index (κ1) is 103. The van der Waals surface area contributed by atoms with Gasteiger partial charge in [0.25, 0.3) is 0 Å². The molecule has 6 aromatic carbocycles. The fourth-order valence-corrected chi connectivity index (χ4v) is 21.7. The van der Waals surface area contributed by atoms with Crippen LogP contribution in [0, 0.1) is 17.8 Å². The van der Waals surface area contributed by atoms with Crippen molar-refractivity contribution in [3.63, 3.8) is 0 Å². The molecule has 16 amide bonds. The molecule has 7 heterocycles. The molecule has 0 spiro atoms. The molecule has 0 unspecified atom stereocenters. The average molecular weight is 1950 g/mol. The lowest BCUT2D eigenvalue weighted by Gasteiger charge is -2.35. The molecule has 16 atom stereocenters. The van der Waals surface area contributed by atoms with Gasteiger partial charge in [-0.15, -0.1) is 0 Å². The molecule has 2 bridgehead atoms. The van der Waals surface area contributed by atoms with Gasteiger partial charge in [-0.1, -0.05) is 191 Å². The van der Waals surface area contributed by atoms with Crippen LogP contribution in [-0.4, -0.2) is 275 Å². The Kier molecular flexibility index (Phi) is 36.0. The lowest BCUT2D eigenvalue weighted by molar-refractivity contribution is -0.148. The van der Waals surface area contributed by atoms with E-state index in [2.05, 4.69) is 58.5 Å². The van der Waals surface area contributed by atoms with Crippen molar-refractivity contribution in [1.29, 1.82) is 0 Å². The first-order valence-electron chi connectivity index (χ1n) is 48.3.